The smallest absolute Gasteiger partial charge is 0.243 e. The van der Waals surface area contributed by atoms with Gasteiger partial charge in [0.1, 0.15) is 0 Å². The molecule has 0 aliphatic carbocycles. The van der Waals surface area contributed by atoms with Gasteiger partial charge in [0.2, 0.25) is 10.0 Å². The highest BCUT2D eigenvalue weighted by Gasteiger charge is 2.35. The van der Waals surface area contributed by atoms with Gasteiger partial charge in [-0.15, -0.1) is 0 Å². The van der Waals surface area contributed by atoms with E-state index < -0.39 is 10.0 Å². The summed E-state index contributed by atoms with van der Waals surface area (Å²) in [7, 11) is -3.53. The fourth-order valence-electron chi connectivity index (χ4n) is 2.74. The van der Waals surface area contributed by atoms with Crippen molar-refractivity contribution in [3.63, 3.8) is 0 Å². The Morgan fingerprint density at radius 3 is 2.80 bits per heavy atom. The van der Waals surface area contributed by atoms with Crippen LogP contribution >= 0.6 is 11.6 Å². The number of nitrogens with zero attached hydrogens (tertiary/aromatic N) is 1. The van der Waals surface area contributed by atoms with Gasteiger partial charge in [-0.05, 0) is 43.4 Å². The van der Waals surface area contributed by atoms with Crippen molar-refractivity contribution in [2.45, 2.75) is 37.6 Å². The maximum absolute atomic E-state index is 12.8. The van der Waals surface area contributed by atoms with Crippen LogP contribution in [0.2, 0.25) is 5.02 Å². The zero-order chi connectivity index (χ0) is 14.9. The largest absolute Gasteiger partial charge is 0.329 e. The molecule has 1 aliphatic rings. The Morgan fingerprint density at radius 2 is 2.15 bits per heavy atom. The Bertz CT molecular complexity index is 589. The first kappa shape index (κ1) is 15.8. The van der Waals surface area contributed by atoms with Gasteiger partial charge in [0.05, 0.1) is 4.90 Å². The second-order valence-corrected chi connectivity index (χ2v) is 7.84. The summed E-state index contributed by atoms with van der Waals surface area (Å²) in [4.78, 5) is 0.290. The third kappa shape index (κ3) is 3.01. The molecule has 0 saturated carbocycles. The second kappa shape index (κ2) is 6.02. The van der Waals surface area contributed by atoms with E-state index in [0.717, 1.165) is 12.8 Å². The van der Waals surface area contributed by atoms with E-state index in [1.807, 2.05) is 0 Å². The maximum atomic E-state index is 12.8. The zero-order valence-electron chi connectivity index (χ0n) is 11.8. The van der Waals surface area contributed by atoms with Crippen LogP contribution in [0.4, 0.5) is 0 Å². The molecule has 0 radical (unpaired) electrons. The number of halogens is 1. The van der Waals surface area contributed by atoms with Crippen LogP contribution in [0.1, 0.15) is 25.3 Å². The number of piperidine rings is 1. The summed E-state index contributed by atoms with van der Waals surface area (Å²) >= 11 is 5.95. The predicted octanol–water partition coefficient (Wildman–Crippen LogP) is 2.40. The van der Waals surface area contributed by atoms with E-state index in [4.69, 9.17) is 17.3 Å². The predicted molar refractivity (Wildman–Crippen MR) is 81.3 cm³/mol. The first-order valence-electron chi connectivity index (χ1n) is 6.84. The Balaban J connectivity index is 2.41. The van der Waals surface area contributed by atoms with Crippen molar-refractivity contribution in [3.05, 3.63) is 28.8 Å². The summed E-state index contributed by atoms with van der Waals surface area (Å²) < 4.78 is 27.2. The Hall–Kier alpha value is -0.620. The Kier molecular flexibility index (Phi) is 4.74. The van der Waals surface area contributed by atoms with E-state index in [1.54, 1.807) is 23.4 Å². The van der Waals surface area contributed by atoms with E-state index in [-0.39, 0.29) is 10.9 Å². The molecular weight excluding hydrogens is 296 g/mol. The van der Waals surface area contributed by atoms with Crippen molar-refractivity contribution in [2.24, 2.45) is 11.7 Å². The van der Waals surface area contributed by atoms with Gasteiger partial charge in [0.15, 0.2) is 0 Å². The van der Waals surface area contributed by atoms with E-state index in [9.17, 15) is 8.42 Å². The van der Waals surface area contributed by atoms with Gasteiger partial charge in [0, 0.05) is 24.2 Å². The molecule has 1 fully saturated rings. The van der Waals surface area contributed by atoms with Crippen LogP contribution in [-0.4, -0.2) is 31.9 Å². The highest BCUT2D eigenvalue weighted by molar-refractivity contribution is 7.89. The summed E-state index contributed by atoms with van der Waals surface area (Å²) in [6.45, 7) is 4.80. The molecule has 0 aromatic heterocycles. The summed E-state index contributed by atoms with van der Waals surface area (Å²) in [5.74, 6) is 0.510. The van der Waals surface area contributed by atoms with Gasteiger partial charge in [-0.3, -0.25) is 0 Å². The molecule has 0 bridgehead atoms. The van der Waals surface area contributed by atoms with Crippen LogP contribution in [0.15, 0.2) is 23.1 Å². The fraction of sp³-hybridized carbons (Fsp3) is 0.571. The minimum absolute atomic E-state index is 0.123. The van der Waals surface area contributed by atoms with Gasteiger partial charge in [-0.25, -0.2) is 8.42 Å². The average molecular weight is 317 g/mol. The lowest BCUT2D eigenvalue weighted by Crippen LogP contribution is -2.49. The molecule has 1 heterocycles. The quantitative estimate of drug-likeness (QED) is 0.931. The minimum Gasteiger partial charge on any atom is -0.329 e. The molecule has 2 N–H and O–H groups in total. The molecule has 0 spiro atoms. The number of hydrogen-bond donors (Lipinski definition) is 1. The molecule has 1 aromatic rings. The summed E-state index contributed by atoms with van der Waals surface area (Å²) in [6.07, 6.45) is 1.69. The molecular formula is C14H21ClN2O2S. The van der Waals surface area contributed by atoms with Crippen LogP contribution in [0.5, 0.6) is 0 Å². The molecule has 20 heavy (non-hydrogen) atoms. The van der Waals surface area contributed by atoms with Crippen molar-refractivity contribution in [2.75, 3.05) is 13.1 Å². The molecule has 0 amide bonds. The average Bonchev–Trinajstić information content (AvgIpc) is 2.40. The van der Waals surface area contributed by atoms with E-state index in [1.165, 1.54) is 6.07 Å². The molecule has 1 saturated heterocycles. The van der Waals surface area contributed by atoms with Crippen molar-refractivity contribution < 1.29 is 8.42 Å². The van der Waals surface area contributed by atoms with Crippen LogP contribution in [-0.2, 0) is 10.0 Å². The van der Waals surface area contributed by atoms with Gasteiger partial charge < -0.3 is 5.73 Å². The number of aryl methyl sites for hydroxylation is 1. The summed E-state index contributed by atoms with van der Waals surface area (Å²) in [5, 5.41) is 0.434. The van der Waals surface area contributed by atoms with Gasteiger partial charge in [-0.1, -0.05) is 24.6 Å². The second-order valence-electron chi connectivity index (χ2n) is 5.54. The number of benzene rings is 1. The SMILES string of the molecule is Cc1ccc(Cl)cc1S(=O)(=O)N1CCC(C)CC1CN. The van der Waals surface area contributed by atoms with Gasteiger partial charge in [-0.2, -0.15) is 4.31 Å². The molecule has 112 valence electrons. The van der Waals surface area contributed by atoms with Crippen molar-refractivity contribution in [3.8, 4) is 0 Å². The molecule has 2 unspecified atom stereocenters. The lowest BCUT2D eigenvalue weighted by atomic mass is 9.94. The van der Waals surface area contributed by atoms with Gasteiger partial charge >= 0.3 is 0 Å². The molecule has 1 aliphatic heterocycles. The van der Waals surface area contributed by atoms with E-state index in [2.05, 4.69) is 6.92 Å². The highest BCUT2D eigenvalue weighted by atomic mass is 35.5. The normalized spacial score (nSPS) is 24.8. The third-order valence-corrected chi connectivity index (χ3v) is 6.26. The topological polar surface area (TPSA) is 63.4 Å². The molecule has 4 nitrogen and oxygen atoms in total. The Morgan fingerprint density at radius 1 is 1.45 bits per heavy atom. The van der Waals surface area contributed by atoms with E-state index >= 15 is 0 Å². The van der Waals surface area contributed by atoms with Crippen molar-refractivity contribution >= 4 is 21.6 Å². The van der Waals surface area contributed by atoms with Gasteiger partial charge in [0.25, 0.3) is 0 Å². The number of nitrogens with two attached hydrogens (primary N) is 1. The highest BCUT2D eigenvalue weighted by Crippen LogP contribution is 2.30. The lowest BCUT2D eigenvalue weighted by molar-refractivity contribution is 0.211. The first-order valence-corrected chi connectivity index (χ1v) is 8.66. The van der Waals surface area contributed by atoms with E-state index in [0.29, 0.717) is 29.6 Å². The molecule has 2 atom stereocenters. The van der Waals surface area contributed by atoms with Crippen LogP contribution < -0.4 is 5.73 Å². The van der Waals surface area contributed by atoms with Crippen LogP contribution in [0.3, 0.4) is 0 Å². The maximum Gasteiger partial charge on any atom is 0.243 e. The van der Waals surface area contributed by atoms with Crippen molar-refractivity contribution in [1.29, 1.82) is 0 Å². The monoisotopic (exact) mass is 316 g/mol. The number of hydrogen-bond acceptors (Lipinski definition) is 3. The van der Waals surface area contributed by atoms with Crippen LogP contribution in [0, 0.1) is 12.8 Å². The van der Waals surface area contributed by atoms with Crippen molar-refractivity contribution in [1.82, 2.24) is 4.31 Å². The summed E-state index contributed by atoms with van der Waals surface area (Å²) in [6, 6.07) is 4.84. The molecule has 1 aromatic carbocycles. The third-order valence-electron chi connectivity index (χ3n) is 3.93. The first-order chi connectivity index (χ1) is 9.36. The lowest BCUT2D eigenvalue weighted by Gasteiger charge is -2.37. The number of rotatable bonds is 3. The zero-order valence-corrected chi connectivity index (χ0v) is 13.4. The molecule has 2 rings (SSSR count). The number of sulfonamides is 1. The van der Waals surface area contributed by atoms with Crippen LogP contribution in [0.25, 0.3) is 0 Å². The molecule has 6 heteroatoms. The Labute approximate surface area is 126 Å². The minimum atomic E-state index is -3.53. The summed E-state index contributed by atoms with van der Waals surface area (Å²) in [5.41, 5.74) is 6.48. The fourth-order valence-corrected chi connectivity index (χ4v) is 4.89. The standard InChI is InChI=1S/C14H21ClN2O2S/c1-10-5-6-17(13(7-10)9-16)20(18,19)14-8-12(15)4-3-11(14)2/h3-4,8,10,13H,5-7,9,16H2,1-2H3.